The molecule has 4 rings (SSSR count). The van der Waals surface area contributed by atoms with Gasteiger partial charge in [0.2, 0.25) is 11.7 Å². The van der Waals surface area contributed by atoms with Crippen molar-refractivity contribution in [3.05, 3.63) is 35.2 Å². The van der Waals surface area contributed by atoms with Gasteiger partial charge >= 0.3 is 6.09 Å². The van der Waals surface area contributed by atoms with E-state index in [-0.39, 0.29) is 6.09 Å². The number of nitrogens with zero attached hydrogens (tertiary/aromatic N) is 4. The number of halogens is 1. The maximum absolute atomic E-state index is 11.6. The summed E-state index contributed by atoms with van der Waals surface area (Å²) in [6, 6.07) is 7.30. The lowest BCUT2D eigenvalue weighted by Crippen LogP contribution is -2.37. The lowest BCUT2D eigenvalue weighted by Gasteiger charge is -2.20. The molecule has 3 heterocycles. The second kappa shape index (κ2) is 5.75. The Morgan fingerprint density at radius 1 is 1.29 bits per heavy atom. The first-order valence-corrected chi connectivity index (χ1v) is 8.16. The Bertz CT molecular complexity index is 763. The summed E-state index contributed by atoms with van der Waals surface area (Å²) >= 11 is 5.89. The van der Waals surface area contributed by atoms with Gasteiger partial charge in [0.25, 0.3) is 0 Å². The molecule has 1 aromatic carbocycles. The molecule has 24 heavy (non-hydrogen) atoms. The molecule has 0 bridgehead atoms. The summed E-state index contributed by atoms with van der Waals surface area (Å²) in [6.07, 6.45) is 0.570. The van der Waals surface area contributed by atoms with Crippen molar-refractivity contribution in [3.63, 3.8) is 0 Å². The topological polar surface area (TPSA) is 71.7 Å². The van der Waals surface area contributed by atoms with Crippen LogP contribution >= 0.6 is 11.6 Å². The van der Waals surface area contributed by atoms with Gasteiger partial charge in [0.05, 0.1) is 13.1 Å². The van der Waals surface area contributed by atoms with Gasteiger partial charge in [-0.1, -0.05) is 16.8 Å². The molecule has 8 heteroatoms. The average molecular weight is 349 g/mol. The van der Waals surface area contributed by atoms with Crippen LogP contribution < -0.4 is 0 Å². The second-order valence-electron chi connectivity index (χ2n) is 6.39. The summed E-state index contributed by atoms with van der Waals surface area (Å²) in [4.78, 5) is 19.8. The largest absolute Gasteiger partial charge is 0.439 e. The number of aromatic nitrogens is 2. The number of carbonyl (C=O) groups excluding carboxylic acids is 1. The zero-order valence-corrected chi connectivity index (χ0v) is 14.0. The summed E-state index contributed by atoms with van der Waals surface area (Å²) in [6.45, 7) is 2.69. The lowest BCUT2D eigenvalue weighted by molar-refractivity contribution is 0.0617. The van der Waals surface area contributed by atoms with Crippen LogP contribution in [0.5, 0.6) is 0 Å². The summed E-state index contributed by atoms with van der Waals surface area (Å²) in [5.41, 5.74) is 0.462. The van der Waals surface area contributed by atoms with E-state index in [1.807, 2.05) is 12.1 Å². The minimum Gasteiger partial charge on any atom is -0.439 e. The molecule has 126 valence electrons. The zero-order chi connectivity index (χ0) is 16.7. The van der Waals surface area contributed by atoms with E-state index in [9.17, 15) is 4.79 Å². The Labute approximate surface area is 144 Å². The zero-order valence-electron chi connectivity index (χ0n) is 13.2. The number of carbonyl (C=O) groups is 1. The van der Waals surface area contributed by atoms with E-state index >= 15 is 0 Å². The predicted molar refractivity (Wildman–Crippen MR) is 86.5 cm³/mol. The van der Waals surface area contributed by atoms with Gasteiger partial charge in [-0.15, -0.1) is 0 Å². The van der Waals surface area contributed by atoms with Crippen LogP contribution in [-0.2, 0) is 11.3 Å². The Morgan fingerprint density at radius 3 is 2.79 bits per heavy atom. The monoisotopic (exact) mass is 348 g/mol. The first-order valence-electron chi connectivity index (χ1n) is 7.78. The van der Waals surface area contributed by atoms with E-state index in [0.29, 0.717) is 36.4 Å². The molecular weight excluding hydrogens is 332 g/mol. The Hall–Kier alpha value is -2.12. The fraction of sp³-hybridized carbons (Fsp3) is 0.438. The highest BCUT2D eigenvalue weighted by molar-refractivity contribution is 6.30. The molecular formula is C16H17ClN4O3. The minimum absolute atomic E-state index is 0.250. The van der Waals surface area contributed by atoms with Crippen LogP contribution in [0.3, 0.4) is 0 Å². The van der Waals surface area contributed by atoms with Crippen LogP contribution in [0.2, 0.25) is 5.02 Å². The quantitative estimate of drug-likeness (QED) is 0.848. The van der Waals surface area contributed by atoms with Crippen molar-refractivity contribution >= 4 is 17.7 Å². The van der Waals surface area contributed by atoms with E-state index in [1.54, 1.807) is 24.1 Å². The molecule has 2 aliphatic heterocycles. The van der Waals surface area contributed by atoms with E-state index in [2.05, 4.69) is 15.0 Å². The number of ether oxygens (including phenoxy) is 1. The second-order valence-corrected chi connectivity index (χ2v) is 6.82. The number of hydrogen-bond donors (Lipinski definition) is 0. The normalized spacial score (nSPS) is 24.1. The van der Waals surface area contributed by atoms with E-state index in [4.69, 9.17) is 20.9 Å². The minimum atomic E-state index is -0.398. The molecule has 0 saturated carbocycles. The van der Waals surface area contributed by atoms with Crippen LogP contribution in [0.4, 0.5) is 4.79 Å². The maximum atomic E-state index is 11.6. The number of likely N-dealkylation sites (N-methyl/N-ethyl adjacent to an activating group) is 1. The molecule has 7 nitrogen and oxygen atoms in total. The molecule has 1 spiro atoms. The van der Waals surface area contributed by atoms with Gasteiger partial charge in [0, 0.05) is 37.1 Å². The summed E-state index contributed by atoms with van der Waals surface area (Å²) < 4.78 is 10.9. The van der Waals surface area contributed by atoms with Gasteiger partial charge in [0.15, 0.2) is 0 Å². The van der Waals surface area contributed by atoms with Crippen LogP contribution in [0.1, 0.15) is 12.3 Å². The number of rotatable bonds is 3. The molecule has 2 fully saturated rings. The number of benzene rings is 1. The van der Waals surface area contributed by atoms with Crippen molar-refractivity contribution in [2.24, 2.45) is 0 Å². The van der Waals surface area contributed by atoms with Gasteiger partial charge in [0.1, 0.15) is 5.60 Å². The molecule has 0 unspecified atom stereocenters. The standard InChI is InChI=1S/C16H17ClN4O3/c1-20-9-16(23-15(20)22)6-7-21(10-16)8-13-18-14(19-24-13)11-2-4-12(17)5-3-11/h2-5H,6-10H2,1H3/t16-/m1/s1. The first kappa shape index (κ1) is 15.4. The van der Waals surface area contributed by atoms with Gasteiger partial charge < -0.3 is 14.2 Å². The maximum Gasteiger partial charge on any atom is 0.410 e. The van der Waals surface area contributed by atoms with Crippen molar-refractivity contribution in [3.8, 4) is 11.4 Å². The fourth-order valence-corrected chi connectivity index (χ4v) is 3.42. The molecule has 1 amide bonds. The Kier molecular flexibility index (Phi) is 3.69. The van der Waals surface area contributed by atoms with E-state index in [0.717, 1.165) is 18.5 Å². The van der Waals surface area contributed by atoms with Crippen LogP contribution in [-0.4, -0.2) is 58.3 Å². The van der Waals surface area contributed by atoms with Crippen molar-refractivity contribution in [1.82, 2.24) is 19.9 Å². The molecule has 2 aliphatic rings. The summed E-state index contributed by atoms with van der Waals surface area (Å²) in [5, 5.41) is 4.69. The third kappa shape index (κ3) is 2.85. The fourth-order valence-electron chi connectivity index (χ4n) is 3.29. The van der Waals surface area contributed by atoms with Gasteiger partial charge in [-0.05, 0) is 24.3 Å². The number of likely N-dealkylation sites (tertiary alicyclic amines) is 1. The smallest absolute Gasteiger partial charge is 0.410 e. The molecule has 0 radical (unpaired) electrons. The molecule has 0 N–H and O–H groups in total. The summed E-state index contributed by atoms with van der Waals surface area (Å²) in [5.74, 6) is 1.09. The van der Waals surface area contributed by atoms with Gasteiger partial charge in [-0.3, -0.25) is 4.90 Å². The van der Waals surface area contributed by atoms with Crippen LogP contribution in [0.25, 0.3) is 11.4 Å². The van der Waals surface area contributed by atoms with Crippen molar-refractivity contribution < 1.29 is 14.1 Å². The first-order chi connectivity index (χ1) is 11.5. The van der Waals surface area contributed by atoms with Crippen molar-refractivity contribution in [2.75, 3.05) is 26.7 Å². The predicted octanol–water partition coefficient (Wildman–Crippen LogP) is 2.42. The van der Waals surface area contributed by atoms with E-state index in [1.165, 1.54) is 0 Å². The van der Waals surface area contributed by atoms with E-state index < -0.39 is 5.60 Å². The molecule has 1 atom stereocenters. The van der Waals surface area contributed by atoms with Gasteiger partial charge in [-0.2, -0.15) is 4.98 Å². The molecule has 0 aliphatic carbocycles. The molecule has 2 aromatic rings. The highest BCUT2D eigenvalue weighted by Gasteiger charge is 2.48. The molecule has 1 aromatic heterocycles. The van der Waals surface area contributed by atoms with Crippen LogP contribution in [0.15, 0.2) is 28.8 Å². The van der Waals surface area contributed by atoms with Crippen LogP contribution in [0, 0.1) is 0 Å². The number of amides is 1. The Balaban J connectivity index is 1.42. The highest BCUT2D eigenvalue weighted by atomic mass is 35.5. The molecule has 2 saturated heterocycles. The Morgan fingerprint density at radius 2 is 2.08 bits per heavy atom. The van der Waals surface area contributed by atoms with Gasteiger partial charge in [-0.25, -0.2) is 4.79 Å². The SMILES string of the molecule is CN1C[C@@]2(CCN(Cc3nc(-c4ccc(Cl)cc4)no3)C2)OC1=O. The summed E-state index contributed by atoms with van der Waals surface area (Å²) in [7, 11) is 1.76. The van der Waals surface area contributed by atoms with Crippen molar-refractivity contribution in [2.45, 2.75) is 18.6 Å². The highest BCUT2D eigenvalue weighted by Crippen LogP contribution is 2.32. The van der Waals surface area contributed by atoms with Crippen molar-refractivity contribution in [1.29, 1.82) is 0 Å². The third-order valence-electron chi connectivity index (χ3n) is 4.47. The average Bonchev–Trinajstić information content (AvgIpc) is 3.22. The third-order valence-corrected chi connectivity index (χ3v) is 4.72. The number of hydrogen-bond acceptors (Lipinski definition) is 6. The lowest BCUT2D eigenvalue weighted by atomic mass is 10.0.